The third kappa shape index (κ3) is 2.96. The van der Waals surface area contributed by atoms with Gasteiger partial charge in [0.2, 0.25) is 0 Å². The molecule has 21 heavy (non-hydrogen) atoms. The van der Waals surface area contributed by atoms with Gasteiger partial charge in [0.15, 0.2) is 0 Å². The maximum atomic E-state index is 12.0. The molecule has 1 amide bonds. The normalized spacial score (nSPS) is 14.0. The molecule has 2 heterocycles. The number of nitrogens with zero attached hydrogens (tertiary/aromatic N) is 4. The molecule has 0 radical (unpaired) electrons. The number of aromatic nitrogens is 4. The lowest BCUT2D eigenvalue weighted by Crippen LogP contribution is -2.22. The molecule has 2 aromatic heterocycles. The second kappa shape index (κ2) is 5.43. The van der Waals surface area contributed by atoms with Gasteiger partial charge in [-0.25, -0.2) is 9.97 Å². The number of Topliss-reactive ketones (excluding diaryl/α,β-unsaturated/α-hetero) is 1. The Morgan fingerprint density at radius 1 is 1.29 bits per heavy atom. The molecular formula is C14H15N5O2. The summed E-state index contributed by atoms with van der Waals surface area (Å²) in [6, 6.07) is 0. The summed E-state index contributed by atoms with van der Waals surface area (Å²) in [6.45, 7) is 2.55. The number of ketones is 1. The predicted molar refractivity (Wildman–Crippen MR) is 74.9 cm³/mol. The number of anilines is 1. The molecular weight excluding hydrogens is 270 g/mol. The lowest BCUT2D eigenvalue weighted by Gasteiger charge is -2.03. The van der Waals surface area contributed by atoms with Crippen LogP contribution in [0.1, 0.15) is 41.9 Å². The number of rotatable bonds is 5. The highest BCUT2D eigenvalue weighted by Crippen LogP contribution is 2.37. The van der Waals surface area contributed by atoms with E-state index in [2.05, 4.69) is 20.4 Å². The zero-order valence-corrected chi connectivity index (χ0v) is 11.6. The van der Waals surface area contributed by atoms with E-state index in [0.29, 0.717) is 18.2 Å². The van der Waals surface area contributed by atoms with E-state index < -0.39 is 11.7 Å². The van der Waals surface area contributed by atoms with Crippen molar-refractivity contribution in [3.63, 3.8) is 0 Å². The molecule has 3 rings (SSSR count). The van der Waals surface area contributed by atoms with Crippen LogP contribution in [0.4, 0.5) is 5.69 Å². The Bertz CT molecular complexity index is 673. The zero-order chi connectivity index (χ0) is 14.8. The Labute approximate surface area is 121 Å². The smallest absolute Gasteiger partial charge is 0.296 e. The molecule has 0 unspecified atom stereocenters. The summed E-state index contributed by atoms with van der Waals surface area (Å²) in [5, 5.41) is 6.48. The van der Waals surface area contributed by atoms with E-state index in [1.54, 1.807) is 10.9 Å². The molecule has 0 bridgehead atoms. The van der Waals surface area contributed by atoms with Crippen LogP contribution in [0.2, 0.25) is 0 Å². The average Bonchev–Trinajstić information content (AvgIpc) is 3.24. The standard InChI is InChI=1S/C14H15N5O2/c1-2-19-8-10(5-17-19)12(20)14(21)18-11-6-15-13(16-7-11)9-3-4-9/h5-9H,2-4H2,1H3,(H,18,21). The molecule has 1 aliphatic rings. The van der Waals surface area contributed by atoms with Crippen molar-refractivity contribution in [2.45, 2.75) is 32.2 Å². The number of nitrogens with one attached hydrogen (secondary N) is 1. The van der Waals surface area contributed by atoms with E-state index in [9.17, 15) is 9.59 Å². The molecule has 0 spiro atoms. The number of aryl methyl sites for hydroxylation is 1. The van der Waals surface area contributed by atoms with Crippen molar-refractivity contribution >= 4 is 17.4 Å². The van der Waals surface area contributed by atoms with Crippen molar-refractivity contribution in [2.24, 2.45) is 0 Å². The molecule has 2 aromatic rings. The van der Waals surface area contributed by atoms with E-state index in [4.69, 9.17) is 0 Å². The topological polar surface area (TPSA) is 89.8 Å². The molecule has 108 valence electrons. The van der Waals surface area contributed by atoms with E-state index >= 15 is 0 Å². The van der Waals surface area contributed by atoms with Crippen LogP contribution in [-0.4, -0.2) is 31.4 Å². The number of hydrogen-bond acceptors (Lipinski definition) is 5. The molecule has 0 saturated heterocycles. The van der Waals surface area contributed by atoms with E-state index in [0.717, 1.165) is 18.7 Å². The third-order valence-corrected chi connectivity index (χ3v) is 3.30. The van der Waals surface area contributed by atoms with Gasteiger partial charge >= 0.3 is 0 Å². The van der Waals surface area contributed by atoms with Gasteiger partial charge in [0.05, 0.1) is 29.8 Å². The van der Waals surface area contributed by atoms with Crippen LogP contribution in [0.25, 0.3) is 0 Å². The van der Waals surface area contributed by atoms with Gasteiger partial charge < -0.3 is 5.32 Å². The van der Waals surface area contributed by atoms with Gasteiger partial charge in [-0.05, 0) is 19.8 Å². The highest BCUT2D eigenvalue weighted by Gasteiger charge is 2.26. The van der Waals surface area contributed by atoms with Crippen molar-refractivity contribution in [1.82, 2.24) is 19.7 Å². The average molecular weight is 285 g/mol. The largest absolute Gasteiger partial charge is 0.316 e. The SMILES string of the molecule is CCn1cc(C(=O)C(=O)Nc2cnc(C3CC3)nc2)cn1. The molecule has 7 heteroatoms. The highest BCUT2D eigenvalue weighted by atomic mass is 16.2. The monoisotopic (exact) mass is 285 g/mol. The summed E-state index contributed by atoms with van der Waals surface area (Å²) < 4.78 is 1.59. The Balaban J connectivity index is 1.65. The minimum atomic E-state index is -0.714. The fraction of sp³-hybridized carbons (Fsp3) is 0.357. The van der Waals surface area contributed by atoms with Crippen LogP contribution in [0.5, 0.6) is 0 Å². The fourth-order valence-electron chi connectivity index (χ4n) is 1.93. The fourth-order valence-corrected chi connectivity index (χ4v) is 1.93. The second-order valence-electron chi connectivity index (χ2n) is 4.97. The van der Waals surface area contributed by atoms with Crippen molar-refractivity contribution in [3.05, 3.63) is 36.2 Å². The van der Waals surface area contributed by atoms with Gasteiger partial charge in [0.1, 0.15) is 5.82 Å². The number of amides is 1. The summed E-state index contributed by atoms with van der Waals surface area (Å²) in [5.41, 5.74) is 0.686. The van der Waals surface area contributed by atoms with Gasteiger partial charge in [0, 0.05) is 18.7 Å². The van der Waals surface area contributed by atoms with Crippen LogP contribution in [0.3, 0.4) is 0 Å². The van der Waals surface area contributed by atoms with Crippen molar-refractivity contribution in [1.29, 1.82) is 0 Å². The quantitative estimate of drug-likeness (QED) is 0.662. The van der Waals surface area contributed by atoms with Gasteiger partial charge in [0.25, 0.3) is 11.7 Å². The van der Waals surface area contributed by atoms with Crippen molar-refractivity contribution in [3.8, 4) is 0 Å². The molecule has 0 aliphatic heterocycles. The maximum Gasteiger partial charge on any atom is 0.296 e. The van der Waals surface area contributed by atoms with Crippen molar-refractivity contribution < 1.29 is 9.59 Å². The number of carbonyl (C=O) groups excluding carboxylic acids is 2. The van der Waals surface area contributed by atoms with E-state index in [1.165, 1.54) is 18.6 Å². The Morgan fingerprint density at radius 3 is 2.57 bits per heavy atom. The van der Waals surface area contributed by atoms with Crippen LogP contribution in [0.15, 0.2) is 24.8 Å². The predicted octanol–water partition coefficient (Wildman–Crippen LogP) is 1.39. The summed E-state index contributed by atoms with van der Waals surface area (Å²) in [6.07, 6.45) is 8.23. The van der Waals surface area contributed by atoms with Gasteiger partial charge in [-0.2, -0.15) is 5.10 Å². The van der Waals surface area contributed by atoms with E-state index in [1.807, 2.05) is 6.92 Å². The summed E-state index contributed by atoms with van der Waals surface area (Å²) in [5.74, 6) is -0.0887. The molecule has 1 fully saturated rings. The highest BCUT2D eigenvalue weighted by molar-refractivity contribution is 6.46. The summed E-state index contributed by atoms with van der Waals surface area (Å²) >= 11 is 0. The van der Waals surface area contributed by atoms with Gasteiger partial charge in [-0.1, -0.05) is 0 Å². The molecule has 0 aromatic carbocycles. The van der Waals surface area contributed by atoms with Crippen LogP contribution < -0.4 is 5.32 Å². The van der Waals surface area contributed by atoms with E-state index in [-0.39, 0.29) is 5.56 Å². The van der Waals surface area contributed by atoms with Crippen LogP contribution >= 0.6 is 0 Å². The summed E-state index contributed by atoms with van der Waals surface area (Å²) in [7, 11) is 0. The van der Waals surface area contributed by atoms with Gasteiger partial charge in [-0.15, -0.1) is 0 Å². The van der Waals surface area contributed by atoms with Crippen LogP contribution in [-0.2, 0) is 11.3 Å². The first-order valence-electron chi connectivity index (χ1n) is 6.87. The third-order valence-electron chi connectivity index (χ3n) is 3.30. The Morgan fingerprint density at radius 2 is 2.00 bits per heavy atom. The Hall–Kier alpha value is -2.57. The zero-order valence-electron chi connectivity index (χ0n) is 11.6. The number of carbonyl (C=O) groups is 2. The number of hydrogen-bond donors (Lipinski definition) is 1. The lowest BCUT2D eigenvalue weighted by molar-refractivity contribution is -0.112. The minimum absolute atomic E-state index is 0.268. The Kier molecular flexibility index (Phi) is 3.47. The summed E-state index contributed by atoms with van der Waals surface area (Å²) in [4.78, 5) is 32.2. The second-order valence-corrected chi connectivity index (χ2v) is 4.97. The molecule has 1 aliphatic carbocycles. The first-order chi connectivity index (χ1) is 10.2. The molecule has 7 nitrogen and oxygen atoms in total. The van der Waals surface area contributed by atoms with Gasteiger partial charge in [-0.3, -0.25) is 14.3 Å². The molecule has 1 saturated carbocycles. The molecule has 1 N–H and O–H groups in total. The lowest BCUT2D eigenvalue weighted by atomic mass is 10.2. The minimum Gasteiger partial charge on any atom is -0.316 e. The van der Waals surface area contributed by atoms with Crippen molar-refractivity contribution in [2.75, 3.05) is 5.32 Å². The maximum absolute atomic E-state index is 12.0. The first kappa shape index (κ1) is 13.4. The first-order valence-corrected chi connectivity index (χ1v) is 6.87. The van der Waals surface area contributed by atoms with Crippen LogP contribution in [0, 0.1) is 0 Å². The molecule has 0 atom stereocenters.